The third-order valence-corrected chi connectivity index (χ3v) is 17.0. The molecule has 288 valence electrons. The maximum atomic E-state index is 6.25. The first-order valence-electron chi connectivity index (χ1n) is 20.9. The fourth-order valence-corrected chi connectivity index (χ4v) is 14.0. The Morgan fingerprint density at radius 2 is 0.705 bits per heavy atom. The van der Waals surface area contributed by atoms with Crippen molar-refractivity contribution in [2.24, 2.45) is 0 Å². The maximum Gasteiger partial charge on any atom is 0.179 e. The Morgan fingerprint density at radius 3 is 1.30 bits per heavy atom. The molecule has 0 fully saturated rings. The van der Waals surface area contributed by atoms with Gasteiger partial charge >= 0.3 is 0 Å². The summed E-state index contributed by atoms with van der Waals surface area (Å²) in [5.41, 5.74) is 9.75. The number of rotatable bonds is 9. The van der Waals surface area contributed by atoms with E-state index in [1.165, 1.54) is 53.8 Å². The number of hydrogen-bond donors (Lipinski definition) is 0. The first kappa shape index (κ1) is 36.4. The van der Waals surface area contributed by atoms with Gasteiger partial charge in [-0.1, -0.05) is 194 Å². The third kappa shape index (κ3) is 6.53. The first-order chi connectivity index (χ1) is 30.2. The molecule has 1 aromatic heterocycles. The van der Waals surface area contributed by atoms with Crippen LogP contribution in [0.4, 0.5) is 17.1 Å². The lowest BCUT2D eigenvalue weighted by Crippen LogP contribution is -2.74. The van der Waals surface area contributed by atoms with E-state index in [1.807, 2.05) is 12.1 Å². The molecule has 11 rings (SSSR count). The highest BCUT2D eigenvalue weighted by atomic mass is 28.3. The van der Waals surface area contributed by atoms with E-state index in [2.05, 4.69) is 241 Å². The van der Waals surface area contributed by atoms with Crippen molar-refractivity contribution in [2.75, 3.05) is 4.90 Å². The van der Waals surface area contributed by atoms with Crippen LogP contribution in [0.25, 0.3) is 55.0 Å². The van der Waals surface area contributed by atoms with Gasteiger partial charge in [0.15, 0.2) is 8.07 Å². The minimum absolute atomic E-state index is 0.884. The van der Waals surface area contributed by atoms with E-state index < -0.39 is 8.07 Å². The van der Waals surface area contributed by atoms with Crippen LogP contribution in [-0.2, 0) is 0 Å². The van der Waals surface area contributed by atoms with Crippen LogP contribution in [0.5, 0.6) is 0 Å². The molecule has 11 aromatic rings. The van der Waals surface area contributed by atoms with Gasteiger partial charge in [0.05, 0.1) is 0 Å². The van der Waals surface area contributed by atoms with Gasteiger partial charge in [0.25, 0.3) is 0 Å². The molecule has 0 saturated carbocycles. The molecule has 3 heteroatoms. The zero-order valence-corrected chi connectivity index (χ0v) is 34.5. The maximum absolute atomic E-state index is 6.25. The molecule has 0 N–H and O–H groups in total. The van der Waals surface area contributed by atoms with Crippen LogP contribution in [0.15, 0.2) is 253 Å². The molecule has 0 amide bonds. The third-order valence-electron chi connectivity index (χ3n) is 12.2. The summed E-state index contributed by atoms with van der Waals surface area (Å²) in [5.74, 6) is 0. The smallest absolute Gasteiger partial charge is 0.179 e. The lowest BCUT2D eigenvalue weighted by Gasteiger charge is -2.34. The highest BCUT2D eigenvalue weighted by Crippen LogP contribution is 2.40. The summed E-state index contributed by atoms with van der Waals surface area (Å²) in [6, 6.07) is 90.6. The molecule has 0 aliphatic heterocycles. The number of anilines is 3. The second kappa shape index (κ2) is 15.5. The second-order valence-electron chi connectivity index (χ2n) is 15.7. The number of para-hydroxylation sites is 1. The topological polar surface area (TPSA) is 16.4 Å². The van der Waals surface area contributed by atoms with Crippen LogP contribution in [0.1, 0.15) is 0 Å². The normalized spacial score (nSPS) is 11.6. The van der Waals surface area contributed by atoms with Crippen molar-refractivity contribution in [1.29, 1.82) is 0 Å². The van der Waals surface area contributed by atoms with Gasteiger partial charge in [0, 0.05) is 27.8 Å². The zero-order valence-electron chi connectivity index (χ0n) is 33.5. The van der Waals surface area contributed by atoms with Gasteiger partial charge in [0.2, 0.25) is 0 Å². The molecule has 0 saturated heterocycles. The molecule has 0 aliphatic rings. The summed E-state index contributed by atoms with van der Waals surface area (Å²) in [4.78, 5) is 2.35. The van der Waals surface area contributed by atoms with Gasteiger partial charge in [-0.15, -0.1) is 0 Å². The van der Waals surface area contributed by atoms with Crippen molar-refractivity contribution in [3.63, 3.8) is 0 Å². The van der Waals surface area contributed by atoms with E-state index in [-0.39, 0.29) is 0 Å². The molecule has 0 unspecified atom stereocenters. The molecule has 10 aromatic carbocycles. The Bertz CT molecular complexity index is 3170. The van der Waals surface area contributed by atoms with Gasteiger partial charge < -0.3 is 9.32 Å². The number of fused-ring (bicyclic) bond motifs is 4. The van der Waals surface area contributed by atoms with E-state index in [9.17, 15) is 0 Å². The lowest BCUT2D eigenvalue weighted by molar-refractivity contribution is 0.669. The van der Waals surface area contributed by atoms with Crippen molar-refractivity contribution in [3.8, 4) is 22.3 Å². The zero-order chi connectivity index (χ0) is 40.6. The molecular formula is C58H41NOSi. The number of furan rings is 1. The van der Waals surface area contributed by atoms with Gasteiger partial charge in [-0.3, -0.25) is 0 Å². The fourth-order valence-electron chi connectivity index (χ4n) is 9.25. The van der Waals surface area contributed by atoms with Gasteiger partial charge in [-0.2, -0.15) is 0 Å². The number of benzene rings is 10. The molecular weight excluding hydrogens is 755 g/mol. The van der Waals surface area contributed by atoms with Crippen LogP contribution in [-0.4, -0.2) is 8.07 Å². The van der Waals surface area contributed by atoms with E-state index in [1.54, 1.807) is 0 Å². The molecule has 2 nitrogen and oxygen atoms in total. The predicted molar refractivity (Wildman–Crippen MR) is 260 cm³/mol. The highest BCUT2D eigenvalue weighted by molar-refractivity contribution is 7.19. The van der Waals surface area contributed by atoms with Crippen molar-refractivity contribution >= 4 is 78.6 Å². The Balaban J connectivity index is 0.981. The van der Waals surface area contributed by atoms with E-state index in [0.717, 1.165) is 39.0 Å². The quantitative estimate of drug-likeness (QED) is 0.107. The van der Waals surface area contributed by atoms with Crippen molar-refractivity contribution in [1.82, 2.24) is 0 Å². The van der Waals surface area contributed by atoms with Gasteiger partial charge in [-0.05, 0) is 108 Å². The lowest BCUT2D eigenvalue weighted by atomic mass is 10.0. The average Bonchev–Trinajstić information content (AvgIpc) is 3.72. The van der Waals surface area contributed by atoms with Gasteiger partial charge in [0.1, 0.15) is 11.2 Å². The highest BCUT2D eigenvalue weighted by Gasteiger charge is 2.41. The fraction of sp³-hybridized carbons (Fsp3) is 0. The summed E-state index contributed by atoms with van der Waals surface area (Å²) in [6.45, 7) is 0. The first-order valence-corrected chi connectivity index (χ1v) is 22.9. The average molecular weight is 796 g/mol. The summed E-state index contributed by atoms with van der Waals surface area (Å²) in [5, 5.41) is 10.2. The van der Waals surface area contributed by atoms with Crippen molar-refractivity contribution in [3.05, 3.63) is 249 Å². The summed E-state index contributed by atoms with van der Waals surface area (Å²) < 4.78 is 6.25. The second-order valence-corrected chi connectivity index (χ2v) is 19.5. The van der Waals surface area contributed by atoms with E-state index in [4.69, 9.17) is 4.42 Å². The van der Waals surface area contributed by atoms with Crippen LogP contribution >= 0.6 is 0 Å². The Kier molecular flexibility index (Phi) is 9.22. The molecule has 0 atom stereocenters. The summed E-state index contributed by atoms with van der Waals surface area (Å²) in [6.07, 6.45) is 0. The molecule has 0 bridgehead atoms. The van der Waals surface area contributed by atoms with Crippen LogP contribution in [0.2, 0.25) is 0 Å². The SMILES string of the molecule is c1ccc([Si](c2ccccc2)(c2ccccc2)c2ccc(-c3ccc(N(c4ccc(-c5ccc6ccccc6c5)cc4)c4ccc5oc6ccccc6c5c4)cc3)cc2)cc1. The number of hydrogen-bond acceptors (Lipinski definition) is 2. The summed E-state index contributed by atoms with van der Waals surface area (Å²) in [7, 11) is -2.61. The number of nitrogens with zero attached hydrogens (tertiary/aromatic N) is 1. The van der Waals surface area contributed by atoms with Crippen molar-refractivity contribution in [2.45, 2.75) is 0 Å². The van der Waals surface area contributed by atoms with Crippen LogP contribution < -0.4 is 25.6 Å². The molecule has 0 spiro atoms. The predicted octanol–water partition coefficient (Wildman–Crippen LogP) is 12.9. The minimum Gasteiger partial charge on any atom is -0.456 e. The Morgan fingerprint density at radius 1 is 0.279 bits per heavy atom. The largest absolute Gasteiger partial charge is 0.456 e. The summed E-state index contributed by atoms with van der Waals surface area (Å²) >= 11 is 0. The van der Waals surface area contributed by atoms with Crippen LogP contribution in [0, 0.1) is 0 Å². The van der Waals surface area contributed by atoms with Crippen molar-refractivity contribution < 1.29 is 4.42 Å². The van der Waals surface area contributed by atoms with E-state index >= 15 is 0 Å². The Hall–Kier alpha value is -7.72. The monoisotopic (exact) mass is 795 g/mol. The van der Waals surface area contributed by atoms with Gasteiger partial charge in [-0.25, -0.2) is 0 Å². The molecule has 61 heavy (non-hydrogen) atoms. The standard InChI is InChI=1S/C58H41NOSi/c1-4-16-51(17-5-1)61(52-18-6-2-7-19-52,53-20-8-3-9-21-53)54-37-30-44(31-38-54)43-26-32-48(33-27-43)59(50-36-39-58-56(41-50)55-22-12-13-23-57(55)60-58)49-34-28-45(29-35-49)47-25-24-42-14-10-11-15-46(42)40-47/h1-41H. The molecule has 1 heterocycles. The molecule has 0 aliphatic carbocycles. The van der Waals surface area contributed by atoms with Crippen LogP contribution in [0.3, 0.4) is 0 Å². The Labute approximate surface area is 357 Å². The van der Waals surface area contributed by atoms with E-state index in [0.29, 0.717) is 0 Å². The minimum atomic E-state index is -2.61. The molecule has 0 radical (unpaired) electrons.